The minimum absolute atomic E-state index is 0.254. The second-order valence-electron chi connectivity index (χ2n) is 3.12. The van der Waals surface area contributed by atoms with Crippen LogP contribution < -0.4 is 0 Å². The Hall–Kier alpha value is -0.580. The van der Waals surface area contributed by atoms with E-state index in [0.717, 1.165) is 5.69 Å². The predicted octanol–water partition coefficient (Wildman–Crippen LogP) is 2.24. The number of halogens is 1. The molecule has 0 unspecified atom stereocenters. The molecule has 1 heterocycles. The van der Waals surface area contributed by atoms with Gasteiger partial charge in [0.2, 0.25) is 0 Å². The number of hydrogen-bond acceptors (Lipinski definition) is 3. The van der Waals surface area contributed by atoms with Crippen LogP contribution in [0.5, 0.6) is 0 Å². The van der Waals surface area contributed by atoms with Crippen LogP contribution >= 0.6 is 11.6 Å². The third kappa shape index (κ3) is 3.81. The Kier molecular flexibility index (Phi) is 5.08. The monoisotopic (exact) mass is 232 g/mol. The molecule has 15 heavy (non-hydrogen) atoms. The Labute approximate surface area is 95.1 Å². The van der Waals surface area contributed by atoms with Gasteiger partial charge in [-0.2, -0.15) is 5.10 Å². The van der Waals surface area contributed by atoms with Crippen molar-refractivity contribution in [2.24, 2.45) is 0 Å². The van der Waals surface area contributed by atoms with Crippen molar-refractivity contribution in [2.45, 2.75) is 33.6 Å². The first kappa shape index (κ1) is 12.5. The van der Waals surface area contributed by atoms with Gasteiger partial charge >= 0.3 is 0 Å². The Morgan fingerprint density at radius 3 is 2.40 bits per heavy atom. The molecule has 0 radical (unpaired) electrons. The van der Waals surface area contributed by atoms with E-state index in [9.17, 15) is 0 Å². The molecule has 0 bridgehead atoms. The molecule has 0 N–H and O–H groups in total. The molecule has 1 aromatic rings. The van der Waals surface area contributed by atoms with Crippen LogP contribution in [0.2, 0.25) is 5.02 Å². The Morgan fingerprint density at radius 1 is 1.40 bits per heavy atom. The highest BCUT2D eigenvalue weighted by atomic mass is 35.5. The third-order valence-electron chi connectivity index (χ3n) is 1.93. The smallest absolute Gasteiger partial charge is 0.176 e. The summed E-state index contributed by atoms with van der Waals surface area (Å²) in [7, 11) is 0. The Bertz CT molecular complexity index is 276. The minimum atomic E-state index is -0.254. The fourth-order valence-corrected chi connectivity index (χ4v) is 1.42. The van der Waals surface area contributed by atoms with Crippen molar-refractivity contribution in [2.75, 3.05) is 13.2 Å². The lowest BCUT2D eigenvalue weighted by Gasteiger charge is -2.16. The quantitative estimate of drug-likeness (QED) is 0.706. The molecule has 0 aliphatic carbocycles. The van der Waals surface area contributed by atoms with Crippen LogP contribution in [0.15, 0.2) is 6.20 Å². The maximum Gasteiger partial charge on any atom is 0.176 e. The average Bonchev–Trinajstić information content (AvgIpc) is 2.47. The van der Waals surface area contributed by atoms with Crippen LogP contribution in [0.25, 0.3) is 0 Å². The van der Waals surface area contributed by atoms with E-state index in [1.54, 1.807) is 10.9 Å². The fraction of sp³-hybridized carbons (Fsp3) is 0.700. The normalized spacial score (nSPS) is 11.3. The zero-order valence-corrected chi connectivity index (χ0v) is 10.1. The molecule has 1 aromatic heterocycles. The minimum Gasteiger partial charge on any atom is -0.351 e. The molecular weight excluding hydrogens is 216 g/mol. The van der Waals surface area contributed by atoms with E-state index in [4.69, 9.17) is 21.1 Å². The second kappa shape index (κ2) is 6.10. The van der Waals surface area contributed by atoms with Gasteiger partial charge in [0.15, 0.2) is 6.29 Å². The van der Waals surface area contributed by atoms with Crippen molar-refractivity contribution in [3.8, 4) is 0 Å². The molecule has 0 aliphatic heterocycles. The van der Waals surface area contributed by atoms with Crippen molar-refractivity contribution >= 4 is 11.6 Å². The maximum atomic E-state index is 5.90. The summed E-state index contributed by atoms with van der Waals surface area (Å²) in [5.41, 5.74) is 0.823. The summed E-state index contributed by atoms with van der Waals surface area (Å²) in [5.74, 6) is 0. The van der Waals surface area contributed by atoms with Gasteiger partial charge in [-0.1, -0.05) is 11.6 Å². The van der Waals surface area contributed by atoms with Crippen LogP contribution in [-0.4, -0.2) is 29.3 Å². The Balaban J connectivity index is 2.56. The zero-order valence-electron chi connectivity index (χ0n) is 9.36. The molecule has 0 aliphatic rings. The van der Waals surface area contributed by atoms with Gasteiger partial charge in [0, 0.05) is 19.4 Å². The highest BCUT2D eigenvalue weighted by molar-refractivity contribution is 6.31. The van der Waals surface area contributed by atoms with Crippen LogP contribution in [0.3, 0.4) is 0 Å². The second-order valence-corrected chi connectivity index (χ2v) is 3.53. The molecular formula is C10H17ClN2O2. The molecule has 0 saturated heterocycles. The first-order chi connectivity index (χ1) is 7.17. The topological polar surface area (TPSA) is 36.3 Å². The van der Waals surface area contributed by atoms with Gasteiger partial charge in [0.25, 0.3) is 0 Å². The van der Waals surface area contributed by atoms with Crippen molar-refractivity contribution in [3.63, 3.8) is 0 Å². The molecule has 1 rings (SSSR count). The van der Waals surface area contributed by atoms with Crippen molar-refractivity contribution in [1.29, 1.82) is 0 Å². The lowest BCUT2D eigenvalue weighted by molar-refractivity contribution is -0.144. The number of aromatic nitrogens is 2. The van der Waals surface area contributed by atoms with E-state index in [1.165, 1.54) is 0 Å². The van der Waals surface area contributed by atoms with E-state index in [0.29, 0.717) is 24.8 Å². The van der Waals surface area contributed by atoms with Crippen molar-refractivity contribution in [3.05, 3.63) is 16.9 Å². The van der Waals surface area contributed by atoms with Gasteiger partial charge in [-0.05, 0) is 20.8 Å². The predicted molar refractivity (Wildman–Crippen MR) is 59.0 cm³/mol. The molecule has 0 atom stereocenters. The molecule has 4 nitrogen and oxygen atoms in total. The lowest BCUT2D eigenvalue weighted by atomic mass is 10.5. The number of hydrogen-bond donors (Lipinski definition) is 0. The van der Waals surface area contributed by atoms with Gasteiger partial charge in [-0.25, -0.2) is 0 Å². The van der Waals surface area contributed by atoms with E-state index in [-0.39, 0.29) is 6.29 Å². The largest absolute Gasteiger partial charge is 0.351 e. The van der Waals surface area contributed by atoms with E-state index in [2.05, 4.69) is 5.10 Å². The third-order valence-corrected chi connectivity index (χ3v) is 2.30. The molecule has 0 saturated carbocycles. The number of rotatable bonds is 6. The first-order valence-corrected chi connectivity index (χ1v) is 5.47. The van der Waals surface area contributed by atoms with Crippen molar-refractivity contribution < 1.29 is 9.47 Å². The van der Waals surface area contributed by atoms with Gasteiger partial charge < -0.3 is 9.47 Å². The van der Waals surface area contributed by atoms with Gasteiger partial charge in [-0.15, -0.1) is 0 Å². The van der Waals surface area contributed by atoms with Crippen LogP contribution in [0.1, 0.15) is 19.5 Å². The molecule has 5 heteroatoms. The summed E-state index contributed by atoms with van der Waals surface area (Å²) in [4.78, 5) is 0. The lowest BCUT2D eigenvalue weighted by Crippen LogP contribution is -2.24. The maximum absolute atomic E-state index is 5.90. The summed E-state index contributed by atoms with van der Waals surface area (Å²) in [5, 5.41) is 4.91. The van der Waals surface area contributed by atoms with E-state index >= 15 is 0 Å². The summed E-state index contributed by atoms with van der Waals surface area (Å²) in [6.45, 7) is 7.56. The summed E-state index contributed by atoms with van der Waals surface area (Å²) in [6, 6.07) is 0. The summed E-state index contributed by atoms with van der Waals surface area (Å²) < 4.78 is 12.6. The summed E-state index contributed by atoms with van der Waals surface area (Å²) in [6.07, 6.45) is 1.53. The van der Waals surface area contributed by atoms with Crippen LogP contribution in [-0.2, 0) is 16.0 Å². The molecule has 0 spiro atoms. The standard InChI is InChI=1S/C10H17ClN2O2/c1-4-14-10(15-5-2)7-13-6-9(11)8(3)12-13/h6,10H,4-5,7H2,1-3H3. The highest BCUT2D eigenvalue weighted by Gasteiger charge is 2.10. The highest BCUT2D eigenvalue weighted by Crippen LogP contribution is 2.12. The van der Waals surface area contributed by atoms with Gasteiger partial charge in [0.1, 0.15) is 0 Å². The number of nitrogens with zero attached hydrogens (tertiary/aromatic N) is 2. The van der Waals surface area contributed by atoms with E-state index < -0.39 is 0 Å². The SMILES string of the molecule is CCOC(Cn1cc(Cl)c(C)n1)OCC. The molecule has 0 aromatic carbocycles. The number of aryl methyl sites for hydroxylation is 1. The molecule has 0 amide bonds. The van der Waals surface area contributed by atoms with Crippen LogP contribution in [0.4, 0.5) is 0 Å². The van der Waals surface area contributed by atoms with Crippen LogP contribution in [0, 0.1) is 6.92 Å². The van der Waals surface area contributed by atoms with Gasteiger partial charge in [0.05, 0.1) is 17.3 Å². The zero-order chi connectivity index (χ0) is 11.3. The van der Waals surface area contributed by atoms with Gasteiger partial charge in [-0.3, -0.25) is 4.68 Å². The first-order valence-electron chi connectivity index (χ1n) is 5.10. The Morgan fingerprint density at radius 2 is 2.00 bits per heavy atom. The fourth-order valence-electron chi connectivity index (χ4n) is 1.27. The van der Waals surface area contributed by atoms with Crippen molar-refractivity contribution in [1.82, 2.24) is 9.78 Å². The molecule has 86 valence electrons. The molecule has 0 fully saturated rings. The average molecular weight is 233 g/mol. The summed E-state index contributed by atoms with van der Waals surface area (Å²) >= 11 is 5.90. The van der Waals surface area contributed by atoms with E-state index in [1.807, 2.05) is 20.8 Å². The number of ether oxygens (including phenoxy) is 2.